The number of aryl methyl sites for hydroxylation is 1. The number of aliphatic hydroxyl groups is 1. The second kappa shape index (κ2) is 12.0. The van der Waals surface area contributed by atoms with Crippen molar-refractivity contribution in [1.29, 1.82) is 0 Å². The largest absolute Gasteiger partial charge is 0.416 e. The SMILES string of the molecule is O=C(NO)[C@@H](O)[C@@H](CCCc1cc(C(F)(F)F)cc(C(F)(F)F)c1)C(=O)N1CCN(c2ccccn2)CC1. The van der Waals surface area contributed by atoms with Crippen molar-refractivity contribution in [2.75, 3.05) is 31.1 Å². The van der Waals surface area contributed by atoms with Gasteiger partial charge in [-0.05, 0) is 55.2 Å². The molecule has 1 aliphatic heterocycles. The van der Waals surface area contributed by atoms with Crippen molar-refractivity contribution in [2.24, 2.45) is 5.92 Å². The van der Waals surface area contributed by atoms with E-state index in [1.807, 2.05) is 11.0 Å². The summed E-state index contributed by atoms with van der Waals surface area (Å²) in [5.74, 6) is -2.55. The molecule has 1 fully saturated rings. The highest BCUT2D eigenvalue weighted by Gasteiger charge is 2.38. The normalized spacial score (nSPS) is 16.2. The van der Waals surface area contributed by atoms with Gasteiger partial charge in [0.15, 0.2) is 0 Å². The molecule has 0 aliphatic carbocycles. The van der Waals surface area contributed by atoms with Crippen molar-refractivity contribution in [3.05, 3.63) is 59.3 Å². The maximum absolute atomic E-state index is 13.2. The second-order valence-corrected chi connectivity index (χ2v) is 8.83. The van der Waals surface area contributed by atoms with E-state index in [-0.39, 0.29) is 44.0 Å². The van der Waals surface area contributed by atoms with Crippen molar-refractivity contribution < 1.29 is 46.2 Å². The number of aromatic nitrogens is 1. The number of piperazine rings is 1. The average molecular weight is 548 g/mol. The zero-order valence-corrected chi connectivity index (χ0v) is 20.0. The van der Waals surface area contributed by atoms with Crippen LogP contribution in [0.5, 0.6) is 0 Å². The van der Waals surface area contributed by atoms with Crippen LogP contribution in [0, 0.1) is 5.92 Å². The number of anilines is 1. The summed E-state index contributed by atoms with van der Waals surface area (Å²) < 4.78 is 78.9. The van der Waals surface area contributed by atoms with Crippen molar-refractivity contribution >= 4 is 17.6 Å². The number of hydroxylamine groups is 1. The molecule has 1 aromatic heterocycles. The summed E-state index contributed by atoms with van der Waals surface area (Å²) in [6.45, 7) is 1.26. The Morgan fingerprint density at radius 1 is 0.974 bits per heavy atom. The van der Waals surface area contributed by atoms with Crippen LogP contribution in [0.25, 0.3) is 0 Å². The molecule has 208 valence electrons. The molecule has 2 amide bonds. The minimum absolute atomic E-state index is 0.0236. The molecule has 0 radical (unpaired) electrons. The Morgan fingerprint density at radius 3 is 2.08 bits per heavy atom. The first-order chi connectivity index (χ1) is 17.8. The monoisotopic (exact) mass is 548 g/mol. The molecule has 8 nitrogen and oxygen atoms in total. The van der Waals surface area contributed by atoms with Crippen molar-refractivity contribution in [2.45, 2.75) is 37.7 Å². The van der Waals surface area contributed by atoms with Crippen LogP contribution in [0.15, 0.2) is 42.6 Å². The number of hydrogen-bond acceptors (Lipinski definition) is 6. The smallest absolute Gasteiger partial charge is 0.382 e. The third kappa shape index (κ3) is 7.34. The summed E-state index contributed by atoms with van der Waals surface area (Å²) in [7, 11) is 0. The Labute approximate surface area is 213 Å². The Balaban J connectivity index is 1.71. The van der Waals surface area contributed by atoms with Gasteiger partial charge in [0.2, 0.25) is 5.91 Å². The Morgan fingerprint density at radius 2 is 1.58 bits per heavy atom. The van der Waals surface area contributed by atoms with E-state index in [4.69, 9.17) is 5.21 Å². The number of hydrogen-bond donors (Lipinski definition) is 3. The van der Waals surface area contributed by atoms with Gasteiger partial charge in [0.05, 0.1) is 17.0 Å². The highest BCUT2D eigenvalue weighted by Crippen LogP contribution is 2.36. The minimum atomic E-state index is -5.00. The van der Waals surface area contributed by atoms with Crippen LogP contribution in [0.4, 0.5) is 32.2 Å². The minimum Gasteiger partial charge on any atom is -0.382 e. The summed E-state index contributed by atoms with van der Waals surface area (Å²) in [5.41, 5.74) is -1.91. The van der Waals surface area contributed by atoms with Gasteiger partial charge in [0.1, 0.15) is 11.9 Å². The fourth-order valence-electron chi connectivity index (χ4n) is 4.29. The molecule has 2 heterocycles. The van der Waals surface area contributed by atoms with E-state index in [9.17, 15) is 41.0 Å². The molecule has 1 saturated heterocycles. The van der Waals surface area contributed by atoms with Gasteiger partial charge in [0, 0.05) is 32.4 Å². The first-order valence-electron chi connectivity index (χ1n) is 11.7. The number of carbonyl (C=O) groups is 2. The molecule has 1 aliphatic rings. The summed E-state index contributed by atoms with van der Waals surface area (Å²) in [6.07, 6.45) is -11.0. The van der Waals surface area contributed by atoms with E-state index in [0.717, 1.165) is 0 Å². The Bertz CT molecular complexity index is 1070. The fourth-order valence-corrected chi connectivity index (χ4v) is 4.29. The fraction of sp³-hybridized carbons (Fsp3) is 0.458. The molecule has 0 bridgehead atoms. The van der Waals surface area contributed by atoms with Gasteiger partial charge in [0.25, 0.3) is 5.91 Å². The predicted octanol–water partition coefficient (Wildman–Crippen LogP) is 3.27. The summed E-state index contributed by atoms with van der Waals surface area (Å²) in [6, 6.07) is 6.58. The third-order valence-corrected chi connectivity index (χ3v) is 6.27. The van der Waals surface area contributed by atoms with Crippen LogP contribution in [0.1, 0.15) is 29.5 Å². The van der Waals surface area contributed by atoms with E-state index in [1.54, 1.807) is 18.3 Å². The Kier molecular flexibility index (Phi) is 9.20. The van der Waals surface area contributed by atoms with Gasteiger partial charge in [-0.15, -0.1) is 0 Å². The van der Waals surface area contributed by atoms with E-state index >= 15 is 0 Å². The van der Waals surface area contributed by atoms with Crippen LogP contribution >= 0.6 is 0 Å². The highest BCUT2D eigenvalue weighted by molar-refractivity contribution is 5.88. The van der Waals surface area contributed by atoms with Gasteiger partial charge >= 0.3 is 12.4 Å². The number of halogens is 6. The van der Waals surface area contributed by atoms with Crippen LogP contribution in [0.3, 0.4) is 0 Å². The quantitative estimate of drug-likeness (QED) is 0.266. The van der Waals surface area contributed by atoms with Crippen molar-refractivity contribution in [3.63, 3.8) is 0 Å². The molecule has 1 aromatic carbocycles. The number of aliphatic hydroxyl groups excluding tert-OH is 1. The first kappa shape index (κ1) is 29.2. The van der Waals surface area contributed by atoms with E-state index in [1.165, 1.54) is 10.4 Å². The maximum atomic E-state index is 13.2. The zero-order chi connectivity index (χ0) is 28.1. The summed E-state index contributed by atoms with van der Waals surface area (Å²) >= 11 is 0. The lowest BCUT2D eigenvalue weighted by atomic mass is 9.91. The number of nitrogens with zero attached hydrogens (tertiary/aromatic N) is 3. The molecule has 0 saturated carbocycles. The van der Waals surface area contributed by atoms with Gasteiger partial charge in [-0.3, -0.25) is 14.8 Å². The number of alkyl halides is 6. The molecule has 2 aromatic rings. The summed E-state index contributed by atoms with van der Waals surface area (Å²) in [4.78, 5) is 32.6. The summed E-state index contributed by atoms with van der Waals surface area (Å²) in [5, 5.41) is 19.3. The zero-order valence-electron chi connectivity index (χ0n) is 20.0. The van der Waals surface area contributed by atoms with Gasteiger partial charge in [-0.25, -0.2) is 10.5 Å². The molecular formula is C24H26F6N4O4. The van der Waals surface area contributed by atoms with E-state index in [0.29, 0.717) is 31.0 Å². The van der Waals surface area contributed by atoms with Gasteiger partial charge in [-0.1, -0.05) is 6.07 Å². The standard InChI is InChI=1S/C24H26F6N4O4/c25-23(26,27)16-12-15(13-17(14-16)24(28,29)30)4-3-5-18(20(35)21(36)32-38)22(37)34-10-8-33(9-11-34)19-6-1-2-7-31-19/h1-2,6-7,12-14,18,20,35,38H,3-5,8-11H2,(H,32,36)/t18-,20+/m1/s1. The lowest BCUT2D eigenvalue weighted by molar-refractivity contribution is -0.151. The molecular weight excluding hydrogens is 522 g/mol. The molecule has 38 heavy (non-hydrogen) atoms. The lowest BCUT2D eigenvalue weighted by Crippen LogP contribution is -2.53. The van der Waals surface area contributed by atoms with Crippen LogP contribution < -0.4 is 10.4 Å². The lowest BCUT2D eigenvalue weighted by Gasteiger charge is -2.37. The highest BCUT2D eigenvalue weighted by atomic mass is 19.4. The number of rotatable bonds is 8. The first-order valence-corrected chi connectivity index (χ1v) is 11.7. The van der Waals surface area contributed by atoms with Gasteiger partial charge in [-0.2, -0.15) is 26.3 Å². The topological polar surface area (TPSA) is 106 Å². The van der Waals surface area contributed by atoms with Crippen molar-refractivity contribution in [1.82, 2.24) is 15.4 Å². The third-order valence-electron chi connectivity index (χ3n) is 6.27. The molecule has 3 N–H and O–H groups in total. The molecule has 2 atom stereocenters. The van der Waals surface area contributed by atoms with Crippen LogP contribution in [-0.4, -0.2) is 64.3 Å². The number of benzene rings is 1. The molecule has 0 unspecified atom stereocenters. The molecule has 14 heteroatoms. The predicted molar refractivity (Wildman–Crippen MR) is 122 cm³/mol. The number of pyridine rings is 1. The van der Waals surface area contributed by atoms with Crippen LogP contribution in [0.2, 0.25) is 0 Å². The second-order valence-electron chi connectivity index (χ2n) is 8.83. The van der Waals surface area contributed by atoms with E-state index in [2.05, 4.69) is 4.98 Å². The van der Waals surface area contributed by atoms with Crippen molar-refractivity contribution in [3.8, 4) is 0 Å². The molecule has 0 spiro atoms. The number of nitrogens with one attached hydrogen (secondary N) is 1. The number of amides is 2. The Hall–Kier alpha value is -3.39. The average Bonchev–Trinajstić information content (AvgIpc) is 2.89. The maximum Gasteiger partial charge on any atom is 0.416 e. The van der Waals surface area contributed by atoms with E-state index < -0.39 is 47.3 Å². The van der Waals surface area contributed by atoms with Crippen LogP contribution in [-0.2, 0) is 28.4 Å². The molecule has 3 rings (SSSR count). The number of carbonyl (C=O) groups excluding carboxylic acids is 2. The van der Waals surface area contributed by atoms with Gasteiger partial charge < -0.3 is 14.9 Å².